The molecule has 0 saturated carbocycles. The van der Waals surface area contributed by atoms with Gasteiger partial charge < -0.3 is 4.74 Å². The lowest BCUT2D eigenvalue weighted by Gasteiger charge is -2.15. The zero-order valence-corrected chi connectivity index (χ0v) is 18.1. The van der Waals surface area contributed by atoms with E-state index in [1.807, 2.05) is 0 Å². The molecule has 0 spiro atoms. The van der Waals surface area contributed by atoms with Gasteiger partial charge in [0, 0.05) is 12.6 Å². The topological polar surface area (TPSA) is 128 Å². The molecule has 1 amide bonds. The number of ether oxygens (including phenoxy) is 1. The molecule has 0 fully saturated rings. The van der Waals surface area contributed by atoms with E-state index < -0.39 is 28.0 Å². The van der Waals surface area contributed by atoms with Crippen molar-refractivity contribution in [1.82, 2.24) is 20.0 Å². The van der Waals surface area contributed by atoms with Crippen molar-refractivity contribution in [2.75, 3.05) is 16.3 Å². The first-order chi connectivity index (χ1) is 14.5. The van der Waals surface area contributed by atoms with Crippen LogP contribution in [0.3, 0.4) is 0 Å². The van der Waals surface area contributed by atoms with Gasteiger partial charge in [0.05, 0.1) is 23.3 Å². The average Bonchev–Trinajstić information content (AvgIpc) is 3.03. The van der Waals surface area contributed by atoms with Gasteiger partial charge in [0.2, 0.25) is 10.0 Å². The van der Waals surface area contributed by atoms with Gasteiger partial charge in [-0.3, -0.25) is 10.0 Å². The number of nitrogens with one attached hydrogen (secondary N) is 2. The predicted octanol–water partition coefficient (Wildman–Crippen LogP) is 3.01. The molecular weight excluding hydrogens is 427 g/mol. The van der Waals surface area contributed by atoms with Crippen LogP contribution < -0.4 is 10.0 Å². The van der Waals surface area contributed by atoms with E-state index in [1.54, 1.807) is 39.1 Å². The molecular formula is C19H21FN6O4S. The number of sulfonamides is 1. The number of benzene rings is 1. The average molecular weight is 448 g/mol. The van der Waals surface area contributed by atoms with E-state index in [4.69, 9.17) is 4.74 Å². The number of carbonyl (C=O) groups excluding carboxylic acids is 1. The second-order valence-electron chi connectivity index (χ2n) is 6.81. The number of amides is 1. The van der Waals surface area contributed by atoms with E-state index >= 15 is 0 Å². The van der Waals surface area contributed by atoms with Crippen LogP contribution in [0.25, 0.3) is 11.4 Å². The number of aryl methyl sites for hydroxylation is 2. The zero-order chi connectivity index (χ0) is 22.8. The number of hydrogen-bond acceptors (Lipinski definition) is 7. The summed E-state index contributed by atoms with van der Waals surface area (Å²) in [4.78, 5) is 16.7. The van der Waals surface area contributed by atoms with Gasteiger partial charge in [-0.1, -0.05) is 23.4 Å². The van der Waals surface area contributed by atoms with Crippen molar-refractivity contribution < 1.29 is 22.3 Å². The number of anilines is 2. The van der Waals surface area contributed by atoms with Crippen LogP contribution in [0.15, 0.2) is 36.4 Å². The highest BCUT2D eigenvalue weighted by Gasteiger charge is 2.21. The van der Waals surface area contributed by atoms with Gasteiger partial charge in [0.25, 0.3) is 0 Å². The highest BCUT2D eigenvalue weighted by atomic mass is 32.2. The van der Waals surface area contributed by atoms with Crippen molar-refractivity contribution in [2.45, 2.75) is 20.0 Å². The third-order valence-corrected chi connectivity index (χ3v) is 4.89. The zero-order valence-electron chi connectivity index (χ0n) is 17.2. The first kappa shape index (κ1) is 22.2. The molecule has 0 bridgehead atoms. The maximum atomic E-state index is 13.9. The molecule has 0 aliphatic carbocycles. The van der Waals surface area contributed by atoms with Gasteiger partial charge in [0.15, 0.2) is 11.5 Å². The van der Waals surface area contributed by atoms with E-state index in [2.05, 4.69) is 25.3 Å². The molecule has 0 aliphatic rings. The molecule has 2 heterocycles. The Morgan fingerprint density at radius 2 is 1.94 bits per heavy atom. The molecule has 0 aliphatic heterocycles. The lowest BCUT2D eigenvalue weighted by molar-refractivity contribution is 0.119. The van der Waals surface area contributed by atoms with Crippen LogP contribution in [0.1, 0.15) is 24.3 Å². The third kappa shape index (κ3) is 5.34. The molecule has 12 heteroatoms. The number of halogens is 1. The number of pyridine rings is 1. The summed E-state index contributed by atoms with van der Waals surface area (Å²) in [6.45, 7) is 3.18. The molecule has 0 saturated heterocycles. The predicted molar refractivity (Wildman–Crippen MR) is 112 cm³/mol. The Morgan fingerprint density at radius 1 is 1.23 bits per heavy atom. The van der Waals surface area contributed by atoms with Crippen molar-refractivity contribution in [3.8, 4) is 11.4 Å². The fraction of sp³-hybridized carbons (Fsp3) is 0.263. The Kier molecular flexibility index (Phi) is 6.20. The van der Waals surface area contributed by atoms with Crippen molar-refractivity contribution in [3.63, 3.8) is 0 Å². The second-order valence-corrected chi connectivity index (χ2v) is 8.56. The summed E-state index contributed by atoms with van der Waals surface area (Å²) in [7, 11) is -1.89. The lowest BCUT2D eigenvalue weighted by atomic mass is 10.1. The van der Waals surface area contributed by atoms with Crippen LogP contribution in [0, 0.1) is 12.7 Å². The van der Waals surface area contributed by atoms with E-state index in [-0.39, 0.29) is 17.1 Å². The van der Waals surface area contributed by atoms with Crippen molar-refractivity contribution in [2.24, 2.45) is 7.05 Å². The molecule has 3 rings (SSSR count). The largest absolute Gasteiger partial charge is 0.441 e. The standard InChI is InChI=1S/C19H21FN6O4S/c1-11-15(24-31(4,28)29)9-10-16(21-11)17-18(26(3)25-23-17)22-19(27)30-12(2)13-7-5-6-8-14(13)20/h5-10,12,24H,1-4H3,(H,22,27). The van der Waals surface area contributed by atoms with E-state index in [1.165, 1.54) is 22.9 Å². The molecule has 164 valence electrons. The van der Waals surface area contributed by atoms with E-state index in [0.717, 1.165) is 6.26 Å². The van der Waals surface area contributed by atoms with Gasteiger partial charge in [-0.25, -0.2) is 27.3 Å². The number of carbonyl (C=O) groups is 1. The van der Waals surface area contributed by atoms with Crippen LogP contribution in [0.4, 0.5) is 20.7 Å². The fourth-order valence-corrected chi connectivity index (χ4v) is 3.44. The maximum Gasteiger partial charge on any atom is 0.413 e. The maximum absolute atomic E-state index is 13.9. The van der Waals surface area contributed by atoms with Gasteiger partial charge in [-0.05, 0) is 32.0 Å². The fourth-order valence-electron chi connectivity index (χ4n) is 2.83. The van der Waals surface area contributed by atoms with Crippen molar-refractivity contribution >= 4 is 27.6 Å². The van der Waals surface area contributed by atoms with E-state index in [0.29, 0.717) is 17.1 Å². The van der Waals surface area contributed by atoms with Gasteiger partial charge >= 0.3 is 6.09 Å². The minimum atomic E-state index is -3.46. The minimum Gasteiger partial charge on any atom is -0.441 e. The highest BCUT2D eigenvalue weighted by Crippen LogP contribution is 2.27. The first-order valence-corrected chi connectivity index (χ1v) is 11.0. The lowest BCUT2D eigenvalue weighted by Crippen LogP contribution is -2.19. The molecule has 1 unspecified atom stereocenters. The molecule has 31 heavy (non-hydrogen) atoms. The second kappa shape index (κ2) is 8.68. The Hall–Kier alpha value is -3.54. The highest BCUT2D eigenvalue weighted by molar-refractivity contribution is 7.92. The summed E-state index contributed by atoms with van der Waals surface area (Å²) in [5.74, 6) is -0.269. The normalized spacial score (nSPS) is 12.3. The summed E-state index contributed by atoms with van der Waals surface area (Å²) in [5, 5.41) is 10.5. The van der Waals surface area contributed by atoms with Gasteiger partial charge in [0.1, 0.15) is 11.9 Å². The third-order valence-electron chi connectivity index (χ3n) is 4.30. The molecule has 10 nitrogen and oxygen atoms in total. The Balaban J connectivity index is 1.80. The number of rotatable bonds is 6. The SMILES string of the molecule is Cc1nc(-c2nnn(C)c2NC(=O)OC(C)c2ccccc2F)ccc1NS(C)(=O)=O. The Labute approximate surface area is 178 Å². The van der Waals surface area contributed by atoms with Crippen molar-refractivity contribution in [3.05, 3.63) is 53.5 Å². The van der Waals surface area contributed by atoms with Crippen molar-refractivity contribution in [1.29, 1.82) is 0 Å². The Morgan fingerprint density at radius 3 is 2.58 bits per heavy atom. The quantitative estimate of drug-likeness (QED) is 0.593. The summed E-state index contributed by atoms with van der Waals surface area (Å²) < 4.78 is 45.8. The Bertz CT molecular complexity index is 1230. The minimum absolute atomic E-state index is 0.210. The summed E-state index contributed by atoms with van der Waals surface area (Å²) >= 11 is 0. The molecule has 3 aromatic rings. The number of nitrogens with zero attached hydrogens (tertiary/aromatic N) is 4. The van der Waals surface area contributed by atoms with Gasteiger partial charge in [-0.15, -0.1) is 5.10 Å². The number of aromatic nitrogens is 4. The first-order valence-electron chi connectivity index (χ1n) is 9.12. The van der Waals surface area contributed by atoms with Crippen LogP contribution in [-0.4, -0.2) is 40.7 Å². The van der Waals surface area contributed by atoms with E-state index in [9.17, 15) is 17.6 Å². The molecule has 2 aromatic heterocycles. The molecule has 2 N–H and O–H groups in total. The van der Waals surface area contributed by atoms with Crippen LogP contribution in [-0.2, 0) is 21.8 Å². The van der Waals surface area contributed by atoms with Crippen LogP contribution in [0.2, 0.25) is 0 Å². The molecule has 0 radical (unpaired) electrons. The van der Waals surface area contributed by atoms with Crippen LogP contribution in [0.5, 0.6) is 0 Å². The monoisotopic (exact) mass is 448 g/mol. The number of hydrogen-bond donors (Lipinski definition) is 2. The summed E-state index contributed by atoms with van der Waals surface area (Å²) in [6, 6.07) is 9.09. The molecule has 1 atom stereocenters. The van der Waals surface area contributed by atoms with Crippen LogP contribution >= 0.6 is 0 Å². The summed E-state index contributed by atoms with van der Waals surface area (Å²) in [5.41, 5.74) is 1.60. The smallest absolute Gasteiger partial charge is 0.413 e. The molecule has 1 aromatic carbocycles. The summed E-state index contributed by atoms with van der Waals surface area (Å²) in [6.07, 6.45) is -0.610. The van der Waals surface area contributed by atoms with Gasteiger partial charge in [-0.2, -0.15) is 0 Å².